The second-order valence-corrected chi connectivity index (χ2v) is 8.51. The largest absolute Gasteiger partial charge is 0.449 e. The van der Waals surface area contributed by atoms with Gasteiger partial charge in [0.25, 0.3) is 0 Å². The molecule has 0 bridgehead atoms. The van der Waals surface area contributed by atoms with Crippen LogP contribution in [0.25, 0.3) is 11.1 Å². The minimum atomic E-state index is -1.06. The van der Waals surface area contributed by atoms with Gasteiger partial charge in [-0.1, -0.05) is 48.5 Å². The molecule has 0 fully saturated rings. The number of pyridine rings is 1. The highest BCUT2D eigenvalue weighted by Gasteiger charge is 2.29. The van der Waals surface area contributed by atoms with Crippen LogP contribution in [0, 0.1) is 0 Å². The van der Waals surface area contributed by atoms with Gasteiger partial charge in [0.2, 0.25) is 0 Å². The smallest absolute Gasteiger partial charge is 0.407 e. The number of fused-ring (bicyclic) bond motifs is 4. The Balaban J connectivity index is 1.12. The van der Waals surface area contributed by atoms with E-state index in [1.807, 2.05) is 30.3 Å². The molecule has 0 spiro atoms. The van der Waals surface area contributed by atoms with Crippen molar-refractivity contribution >= 4 is 11.9 Å². The summed E-state index contributed by atoms with van der Waals surface area (Å²) in [7, 11) is 0. The predicted octanol–water partition coefficient (Wildman–Crippen LogP) is 3.37. The first-order valence-electron chi connectivity index (χ1n) is 11.3. The molecule has 7 heteroatoms. The molecular weight excluding hydrogens is 418 g/mol. The molecule has 1 aromatic heterocycles. The maximum atomic E-state index is 12.3. The van der Waals surface area contributed by atoms with Crippen molar-refractivity contribution in [1.82, 2.24) is 10.3 Å². The second-order valence-electron chi connectivity index (χ2n) is 8.51. The molecule has 3 aromatic rings. The lowest BCUT2D eigenvalue weighted by Crippen LogP contribution is -2.30. The van der Waals surface area contributed by atoms with Crippen LogP contribution in [0.2, 0.25) is 0 Å². The van der Waals surface area contributed by atoms with Gasteiger partial charge in [0.1, 0.15) is 18.5 Å². The molecule has 0 radical (unpaired) electrons. The molecule has 1 amide bonds. The van der Waals surface area contributed by atoms with Gasteiger partial charge in [0.05, 0.1) is 6.10 Å². The summed E-state index contributed by atoms with van der Waals surface area (Å²) in [5.41, 5.74) is 6.28. The van der Waals surface area contributed by atoms with E-state index in [4.69, 9.17) is 4.74 Å². The van der Waals surface area contributed by atoms with Gasteiger partial charge in [-0.15, -0.1) is 0 Å². The summed E-state index contributed by atoms with van der Waals surface area (Å²) < 4.78 is 5.51. The van der Waals surface area contributed by atoms with Gasteiger partial charge in [-0.25, -0.2) is 9.78 Å². The zero-order valence-corrected chi connectivity index (χ0v) is 18.2. The van der Waals surface area contributed by atoms with Crippen LogP contribution >= 0.6 is 0 Å². The summed E-state index contributed by atoms with van der Waals surface area (Å²) in [5, 5.41) is 26.7. The Bertz CT molecular complexity index is 1120. The molecule has 2 unspecified atom stereocenters. The van der Waals surface area contributed by atoms with E-state index in [1.165, 1.54) is 11.1 Å². The molecule has 7 nitrogen and oxygen atoms in total. The van der Waals surface area contributed by atoms with Crippen LogP contribution < -0.4 is 10.6 Å². The molecule has 2 aromatic carbocycles. The van der Waals surface area contributed by atoms with E-state index in [1.54, 1.807) is 6.20 Å². The summed E-state index contributed by atoms with van der Waals surface area (Å²) in [6, 6.07) is 18.2. The maximum absolute atomic E-state index is 12.3. The summed E-state index contributed by atoms with van der Waals surface area (Å²) in [5.74, 6) is 0.828. The number of rotatable bonds is 7. The third kappa shape index (κ3) is 4.29. The van der Waals surface area contributed by atoms with E-state index >= 15 is 0 Å². The van der Waals surface area contributed by atoms with Crippen molar-refractivity contribution in [3.8, 4) is 11.1 Å². The zero-order chi connectivity index (χ0) is 22.8. The molecule has 4 N–H and O–H groups in total. The van der Waals surface area contributed by atoms with Crippen molar-refractivity contribution < 1.29 is 19.7 Å². The molecule has 5 rings (SSSR count). The number of carbonyl (C=O) groups excluding carboxylic acids is 1. The number of hydrogen-bond donors (Lipinski definition) is 4. The van der Waals surface area contributed by atoms with Gasteiger partial charge in [-0.2, -0.15) is 0 Å². The van der Waals surface area contributed by atoms with Gasteiger partial charge >= 0.3 is 6.09 Å². The van der Waals surface area contributed by atoms with Crippen molar-refractivity contribution in [2.75, 3.05) is 25.0 Å². The van der Waals surface area contributed by atoms with Crippen LogP contribution in [-0.2, 0) is 11.2 Å². The number of nitrogens with zero attached hydrogens (tertiary/aromatic N) is 1. The summed E-state index contributed by atoms with van der Waals surface area (Å²) in [4.78, 5) is 16.6. The minimum absolute atomic E-state index is 0.00244. The van der Waals surface area contributed by atoms with Crippen LogP contribution in [0.4, 0.5) is 10.6 Å². The number of aliphatic hydroxyl groups excluding tert-OH is 2. The first kappa shape index (κ1) is 21.4. The first-order chi connectivity index (χ1) is 16.1. The Morgan fingerprint density at radius 3 is 2.55 bits per heavy atom. The fourth-order valence-corrected chi connectivity index (χ4v) is 4.71. The molecule has 0 saturated heterocycles. The monoisotopic (exact) mass is 445 g/mol. The average molecular weight is 446 g/mol. The first-order valence-corrected chi connectivity index (χ1v) is 11.3. The van der Waals surface area contributed by atoms with Crippen LogP contribution in [0.5, 0.6) is 0 Å². The fraction of sp³-hybridized carbons (Fsp3) is 0.308. The van der Waals surface area contributed by atoms with Gasteiger partial charge in [0.15, 0.2) is 0 Å². The Kier molecular flexibility index (Phi) is 5.98. The topological polar surface area (TPSA) is 104 Å². The molecule has 0 saturated carbocycles. The van der Waals surface area contributed by atoms with E-state index in [0.717, 1.165) is 35.5 Å². The molecule has 2 aliphatic rings. The fourth-order valence-electron chi connectivity index (χ4n) is 4.71. The average Bonchev–Trinajstić information content (AvgIpc) is 3.44. The number of ether oxygens (including phenoxy) is 1. The highest BCUT2D eigenvalue weighted by molar-refractivity contribution is 5.79. The number of aromatic nitrogens is 1. The number of amides is 1. The minimum Gasteiger partial charge on any atom is -0.449 e. The molecule has 1 aliphatic heterocycles. The highest BCUT2D eigenvalue weighted by atomic mass is 16.5. The quantitative estimate of drug-likeness (QED) is 0.445. The Morgan fingerprint density at radius 2 is 1.82 bits per heavy atom. The molecule has 33 heavy (non-hydrogen) atoms. The normalized spacial score (nSPS) is 15.7. The molecule has 170 valence electrons. The lowest BCUT2D eigenvalue weighted by molar-refractivity contribution is 0.0134. The third-order valence-corrected chi connectivity index (χ3v) is 6.43. The lowest BCUT2D eigenvalue weighted by Gasteiger charge is -2.19. The lowest BCUT2D eigenvalue weighted by atomic mass is 9.98. The molecule has 2 heterocycles. The van der Waals surface area contributed by atoms with E-state index in [9.17, 15) is 15.0 Å². The number of anilines is 1. The van der Waals surface area contributed by atoms with E-state index in [2.05, 4.69) is 39.9 Å². The van der Waals surface area contributed by atoms with Gasteiger partial charge in [0, 0.05) is 30.8 Å². The van der Waals surface area contributed by atoms with Gasteiger partial charge in [-0.05, 0) is 46.7 Å². The van der Waals surface area contributed by atoms with Crippen molar-refractivity contribution in [3.63, 3.8) is 0 Å². The zero-order valence-electron chi connectivity index (χ0n) is 18.2. The number of aliphatic hydroxyl groups is 2. The van der Waals surface area contributed by atoms with Crippen molar-refractivity contribution in [1.29, 1.82) is 0 Å². The van der Waals surface area contributed by atoms with Crippen molar-refractivity contribution in [2.24, 2.45) is 0 Å². The predicted molar refractivity (Wildman–Crippen MR) is 125 cm³/mol. The standard InChI is InChI=1S/C26H27N3O4/c30-23(24(31)17-13-16-9-11-27-25(16)29-14-17)10-12-28-26(32)33-15-22-20-7-3-1-5-18(20)19-6-2-4-8-21(19)22/h1-8,13-14,22-24,30-31H,9-12,15H2,(H,27,29)(H,28,32). The number of alkyl carbamates (subject to hydrolysis) is 1. The SMILES string of the molecule is O=C(NCCC(O)C(O)c1cnc2c(c1)CCN2)OCC1c2ccccc2-c2ccccc21. The van der Waals surface area contributed by atoms with Crippen LogP contribution in [0.1, 0.15) is 40.7 Å². The summed E-state index contributed by atoms with van der Waals surface area (Å²) >= 11 is 0. The van der Waals surface area contributed by atoms with Gasteiger partial charge < -0.3 is 25.6 Å². The molecular formula is C26H27N3O4. The summed E-state index contributed by atoms with van der Waals surface area (Å²) in [6.07, 6.45) is -0.00262. The van der Waals surface area contributed by atoms with Crippen LogP contribution in [-0.4, -0.2) is 47.1 Å². The van der Waals surface area contributed by atoms with E-state index in [0.29, 0.717) is 5.56 Å². The Hall–Kier alpha value is -3.42. The third-order valence-electron chi connectivity index (χ3n) is 6.43. The van der Waals surface area contributed by atoms with Crippen molar-refractivity contribution in [2.45, 2.75) is 31.0 Å². The number of carbonyl (C=O) groups is 1. The number of benzene rings is 2. The maximum Gasteiger partial charge on any atom is 0.407 e. The Labute approximate surface area is 192 Å². The van der Waals surface area contributed by atoms with E-state index in [-0.39, 0.29) is 25.5 Å². The summed E-state index contributed by atoms with van der Waals surface area (Å²) in [6.45, 7) is 1.25. The van der Waals surface area contributed by atoms with E-state index < -0.39 is 18.3 Å². The van der Waals surface area contributed by atoms with Gasteiger partial charge in [-0.3, -0.25) is 0 Å². The Morgan fingerprint density at radius 1 is 1.12 bits per heavy atom. The number of nitrogens with one attached hydrogen (secondary N) is 2. The molecule has 2 atom stereocenters. The van der Waals surface area contributed by atoms with Crippen LogP contribution in [0.3, 0.4) is 0 Å². The van der Waals surface area contributed by atoms with Crippen LogP contribution in [0.15, 0.2) is 60.8 Å². The second kappa shape index (κ2) is 9.21. The number of hydrogen-bond acceptors (Lipinski definition) is 6. The van der Waals surface area contributed by atoms with Crippen molar-refractivity contribution in [3.05, 3.63) is 83.0 Å². The molecule has 1 aliphatic carbocycles. The highest BCUT2D eigenvalue weighted by Crippen LogP contribution is 2.44.